The smallest absolute Gasteiger partial charge is 0.344 e. The predicted molar refractivity (Wildman–Crippen MR) is 71.4 cm³/mol. The molecule has 0 amide bonds. The first kappa shape index (κ1) is 13.8. The van der Waals surface area contributed by atoms with Gasteiger partial charge in [-0.2, -0.15) is 0 Å². The van der Waals surface area contributed by atoms with Crippen molar-refractivity contribution in [3.8, 4) is 5.75 Å². The Morgan fingerprint density at radius 1 is 1.35 bits per heavy atom. The van der Waals surface area contributed by atoms with Gasteiger partial charge in [0.2, 0.25) is 0 Å². The summed E-state index contributed by atoms with van der Waals surface area (Å²) in [6, 6.07) is 7.51. The van der Waals surface area contributed by atoms with Crippen LogP contribution in [0.25, 0.3) is 6.08 Å². The van der Waals surface area contributed by atoms with E-state index >= 15 is 0 Å². The highest BCUT2D eigenvalue weighted by Crippen LogP contribution is 2.13. The van der Waals surface area contributed by atoms with E-state index in [4.69, 9.17) is 9.47 Å². The molecule has 0 bridgehead atoms. The number of allylic oxidation sites excluding steroid dienone is 1. The second-order valence-corrected chi connectivity index (χ2v) is 3.87. The molecule has 1 rings (SSSR count). The maximum absolute atomic E-state index is 11.1. The number of alkyl halides is 1. The van der Waals surface area contributed by atoms with E-state index in [1.165, 1.54) is 0 Å². The van der Waals surface area contributed by atoms with E-state index in [-0.39, 0.29) is 12.6 Å². The first-order valence-corrected chi connectivity index (χ1v) is 6.49. The van der Waals surface area contributed by atoms with Crippen LogP contribution in [0.15, 0.2) is 30.3 Å². The molecule has 0 saturated heterocycles. The lowest BCUT2D eigenvalue weighted by Gasteiger charge is -2.05. The summed E-state index contributed by atoms with van der Waals surface area (Å²) < 4.78 is 10.0. The van der Waals surface area contributed by atoms with Crippen LogP contribution in [0.5, 0.6) is 5.75 Å². The molecule has 17 heavy (non-hydrogen) atoms. The summed E-state index contributed by atoms with van der Waals surface area (Å²) in [6.45, 7) is 2.09. The molecular formula is C13H15BrO3. The molecule has 0 aliphatic rings. The molecule has 0 saturated carbocycles. The monoisotopic (exact) mass is 298 g/mol. The average Bonchev–Trinajstić information content (AvgIpc) is 2.35. The zero-order chi connectivity index (χ0) is 12.5. The lowest BCUT2D eigenvalue weighted by molar-refractivity contribution is -0.145. The van der Waals surface area contributed by atoms with Crippen molar-refractivity contribution < 1.29 is 14.3 Å². The second-order valence-electron chi connectivity index (χ2n) is 3.22. The van der Waals surface area contributed by atoms with Gasteiger partial charge in [-0.15, -0.1) is 0 Å². The van der Waals surface area contributed by atoms with Gasteiger partial charge in [-0.3, -0.25) is 0 Å². The molecular weight excluding hydrogens is 284 g/mol. The lowest BCUT2D eigenvalue weighted by atomic mass is 10.2. The van der Waals surface area contributed by atoms with Gasteiger partial charge < -0.3 is 9.47 Å². The number of rotatable bonds is 6. The summed E-state index contributed by atoms with van der Waals surface area (Å²) in [6.07, 6.45) is 4.01. The van der Waals surface area contributed by atoms with Crippen LogP contribution in [0.1, 0.15) is 12.5 Å². The van der Waals surface area contributed by atoms with Gasteiger partial charge in [0.25, 0.3) is 0 Å². The van der Waals surface area contributed by atoms with Crippen molar-refractivity contribution in [2.75, 3.05) is 18.5 Å². The number of halogens is 1. The van der Waals surface area contributed by atoms with Crippen molar-refractivity contribution in [2.45, 2.75) is 6.92 Å². The Labute approximate surface area is 110 Å². The third kappa shape index (κ3) is 5.54. The molecule has 4 heteroatoms. The van der Waals surface area contributed by atoms with Crippen LogP contribution in [-0.2, 0) is 9.53 Å². The summed E-state index contributed by atoms with van der Waals surface area (Å²) >= 11 is 3.31. The van der Waals surface area contributed by atoms with Crippen LogP contribution in [-0.4, -0.2) is 24.5 Å². The van der Waals surface area contributed by atoms with Crippen LogP contribution in [0.4, 0.5) is 0 Å². The van der Waals surface area contributed by atoms with Crippen LogP contribution in [0, 0.1) is 0 Å². The molecule has 1 aromatic rings. The third-order valence-electron chi connectivity index (χ3n) is 1.94. The summed E-state index contributed by atoms with van der Waals surface area (Å²) in [5, 5.41) is 0.827. The van der Waals surface area contributed by atoms with Gasteiger partial charge in [-0.1, -0.05) is 40.2 Å². The first-order chi connectivity index (χ1) is 8.26. The molecule has 0 atom stereocenters. The highest BCUT2D eigenvalue weighted by atomic mass is 79.9. The predicted octanol–water partition coefficient (Wildman–Crippen LogP) is 3.04. The van der Waals surface area contributed by atoms with Crippen molar-refractivity contribution >= 4 is 28.0 Å². The van der Waals surface area contributed by atoms with Crippen molar-refractivity contribution in [2.24, 2.45) is 0 Å². The van der Waals surface area contributed by atoms with Crippen molar-refractivity contribution in [1.82, 2.24) is 0 Å². The van der Waals surface area contributed by atoms with Gasteiger partial charge in [0.05, 0.1) is 6.61 Å². The topological polar surface area (TPSA) is 35.5 Å². The van der Waals surface area contributed by atoms with Crippen LogP contribution >= 0.6 is 15.9 Å². The minimum atomic E-state index is -0.351. The fraction of sp³-hybridized carbons (Fsp3) is 0.308. The fourth-order valence-electron chi connectivity index (χ4n) is 1.20. The summed E-state index contributed by atoms with van der Waals surface area (Å²) in [4.78, 5) is 11.1. The van der Waals surface area contributed by atoms with E-state index in [0.29, 0.717) is 12.4 Å². The number of hydrogen-bond donors (Lipinski definition) is 0. The maximum atomic E-state index is 11.1. The number of esters is 1. The Bertz CT molecular complexity index is 371. The van der Waals surface area contributed by atoms with E-state index < -0.39 is 0 Å². The van der Waals surface area contributed by atoms with E-state index in [9.17, 15) is 4.79 Å². The largest absolute Gasteiger partial charge is 0.482 e. The number of benzene rings is 1. The van der Waals surface area contributed by atoms with Crippen molar-refractivity contribution in [1.29, 1.82) is 0 Å². The highest BCUT2D eigenvalue weighted by molar-refractivity contribution is 9.09. The molecule has 0 spiro atoms. The Morgan fingerprint density at radius 3 is 2.65 bits per heavy atom. The minimum absolute atomic E-state index is 0.0512. The molecule has 0 heterocycles. The average molecular weight is 299 g/mol. The SMILES string of the molecule is CCOC(=O)COc1ccc(C=CCBr)cc1. The molecule has 0 aliphatic carbocycles. The highest BCUT2D eigenvalue weighted by Gasteiger charge is 2.02. The van der Waals surface area contributed by atoms with Gasteiger partial charge in [0, 0.05) is 5.33 Å². The van der Waals surface area contributed by atoms with E-state index in [1.54, 1.807) is 6.92 Å². The summed E-state index contributed by atoms with van der Waals surface area (Å²) in [5.74, 6) is 0.310. The summed E-state index contributed by atoms with van der Waals surface area (Å²) in [7, 11) is 0. The van der Waals surface area contributed by atoms with E-state index in [2.05, 4.69) is 15.9 Å². The molecule has 3 nitrogen and oxygen atoms in total. The third-order valence-corrected chi connectivity index (χ3v) is 2.32. The molecule has 0 fully saturated rings. The quantitative estimate of drug-likeness (QED) is 0.598. The molecule has 92 valence electrons. The van der Waals surface area contributed by atoms with E-state index in [1.807, 2.05) is 36.4 Å². The Balaban J connectivity index is 2.45. The molecule has 0 unspecified atom stereocenters. The zero-order valence-corrected chi connectivity index (χ0v) is 11.3. The number of carbonyl (C=O) groups is 1. The zero-order valence-electron chi connectivity index (χ0n) is 9.69. The molecule has 0 N–H and O–H groups in total. The van der Waals surface area contributed by atoms with Crippen molar-refractivity contribution in [3.63, 3.8) is 0 Å². The van der Waals surface area contributed by atoms with Gasteiger partial charge in [0.15, 0.2) is 6.61 Å². The summed E-state index contributed by atoms with van der Waals surface area (Å²) in [5.41, 5.74) is 1.09. The number of carbonyl (C=O) groups excluding carboxylic acids is 1. The Morgan fingerprint density at radius 2 is 2.06 bits per heavy atom. The van der Waals surface area contributed by atoms with Crippen LogP contribution in [0.2, 0.25) is 0 Å². The second kappa shape index (κ2) is 7.90. The van der Waals surface area contributed by atoms with Crippen LogP contribution < -0.4 is 4.74 Å². The normalized spacial score (nSPS) is 10.5. The standard InChI is InChI=1S/C13H15BrO3/c1-2-16-13(15)10-17-12-7-5-11(6-8-12)4-3-9-14/h3-8H,2,9-10H2,1H3. The fourth-order valence-corrected chi connectivity index (χ4v) is 1.39. The molecule has 0 aliphatic heterocycles. The maximum Gasteiger partial charge on any atom is 0.344 e. The Hall–Kier alpha value is -1.29. The van der Waals surface area contributed by atoms with Gasteiger partial charge in [0.1, 0.15) is 5.75 Å². The number of ether oxygens (including phenoxy) is 2. The minimum Gasteiger partial charge on any atom is -0.482 e. The molecule has 0 aromatic heterocycles. The first-order valence-electron chi connectivity index (χ1n) is 5.37. The molecule has 0 radical (unpaired) electrons. The van der Waals surface area contributed by atoms with Gasteiger partial charge in [-0.05, 0) is 24.6 Å². The van der Waals surface area contributed by atoms with Gasteiger partial charge in [-0.25, -0.2) is 4.79 Å². The van der Waals surface area contributed by atoms with E-state index in [0.717, 1.165) is 10.9 Å². The van der Waals surface area contributed by atoms with Crippen molar-refractivity contribution in [3.05, 3.63) is 35.9 Å². The number of hydrogen-bond acceptors (Lipinski definition) is 3. The van der Waals surface area contributed by atoms with Gasteiger partial charge >= 0.3 is 5.97 Å². The Kier molecular flexibility index (Phi) is 6.40. The lowest BCUT2D eigenvalue weighted by Crippen LogP contribution is -2.14. The molecule has 1 aromatic carbocycles. The van der Waals surface area contributed by atoms with Crippen LogP contribution in [0.3, 0.4) is 0 Å².